The van der Waals surface area contributed by atoms with Gasteiger partial charge in [-0.3, -0.25) is 29.8 Å². The average Bonchev–Trinajstić information content (AvgIpc) is 3.27. The Morgan fingerprint density at radius 1 is 1.12 bits per heavy atom. The third-order valence-electron chi connectivity index (χ3n) is 5.06. The van der Waals surface area contributed by atoms with Gasteiger partial charge in [0, 0.05) is 43.4 Å². The molecule has 3 aromatic rings. The second kappa shape index (κ2) is 11.3. The minimum atomic E-state index is -0.250. The van der Waals surface area contributed by atoms with E-state index in [-0.39, 0.29) is 30.2 Å². The van der Waals surface area contributed by atoms with Crippen molar-refractivity contribution < 1.29 is 19.5 Å². The quantitative estimate of drug-likeness (QED) is 0.519. The van der Waals surface area contributed by atoms with Crippen LogP contribution < -0.4 is 5.32 Å². The predicted octanol–water partition coefficient (Wildman–Crippen LogP) is 1.98. The van der Waals surface area contributed by atoms with E-state index in [1.54, 1.807) is 29.4 Å². The molecular formula is C22H24N6O4. The van der Waals surface area contributed by atoms with Gasteiger partial charge >= 0.3 is 0 Å². The van der Waals surface area contributed by atoms with Gasteiger partial charge in [0.15, 0.2) is 0 Å². The Labute approximate surface area is 184 Å². The predicted molar refractivity (Wildman–Crippen MR) is 116 cm³/mol. The topological polar surface area (TPSA) is 141 Å². The molecule has 1 aromatic carbocycles. The van der Waals surface area contributed by atoms with Crippen molar-refractivity contribution in [2.24, 2.45) is 5.92 Å². The lowest BCUT2D eigenvalue weighted by molar-refractivity contribution is -0.123. The van der Waals surface area contributed by atoms with Crippen LogP contribution in [0.1, 0.15) is 34.6 Å². The molecule has 0 aliphatic carbocycles. The largest absolute Gasteiger partial charge is 0.483 e. The molecule has 0 saturated carbocycles. The molecule has 166 valence electrons. The summed E-state index contributed by atoms with van der Waals surface area (Å²) in [7, 11) is 0. The number of aromatic nitrogens is 4. The molecule has 0 bridgehead atoms. The molecule has 1 aliphatic rings. The Balaban J connectivity index is 0.000000913. The number of carbonyl (C=O) groups excluding carboxylic acids is 2. The summed E-state index contributed by atoms with van der Waals surface area (Å²) in [6, 6.07) is 13.4. The van der Waals surface area contributed by atoms with Crippen molar-refractivity contribution in [3.05, 3.63) is 71.8 Å². The summed E-state index contributed by atoms with van der Waals surface area (Å²) in [6.07, 6.45) is 5.07. The SMILES string of the molecule is O=C(Nc1n[nH]c(Cc2ccccc2)n1)C1CCN(C(=O)c2ccncc2)CC1.O=CO. The summed E-state index contributed by atoms with van der Waals surface area (Å²) in [5, 5.41) is 16.6. The van der Waals surface area contributed by atoms with Crippen LogP contribution in [0.2, 0.25) is 0 Å². The Morgan fingerprint density at radius 3 is 2.44 bits per heavy atom. The van der Waals surface area contributed by atoms with Crippen LogP contribution in [-0.2, 0) is 16.0 Å². The van der Waals surface area contributed by atoms with Crippen LogP contribution in [0.5, 0.6) is 0 Å². The Hall–Kier alpha value is -4.08. The van der Waals surface area contributed by atoms with Crippen LogP contribution in [0.4, 0.5) is 5.95 Å². The first kappa shape index (κ1) is 22.6. The lowest BCUT2D eigenvalue weighted by Gasteiger charge is -2.31. The maximum absolute atomic E-state index is 12.6. The lowest BCUT2D eigenvalue weighted by atomic mass is 9.95. The van der Waals surface area contributed by atoms with Gasteiger partial charge in [-0.2, -0.15) is 4.98 Å². The number of rotatable bonds is 5. The van der Waals surface area contributed by atoms with E-state index in [2.05, 4.69) is 25.5 Å². The van der Waals surface area contributed by atoms with E-state index in [1.165, 1.54) is 0 Å². The zero-order chi connectivity index (χ0) is 22.8. The first-order valence-corrected chi connectivity index (χ1v) is 10.1. The van der Waals surface area contributed by atoms with E-state index < -0.39 is 0 Å². The number of anilines is 1. The van der Waals surface area contributed by atoms with Crippen LogP contribution in [0.3, 0.4) is 0 Å². The molecule has 1 fully saturated rings. The molecule has 0 radical (unpaired) electrons. The molecule has 2 amide bonds. The van der Waals surface area contributed by atoms with Gasteiger partial charge in [-0.25, -0.2) is 0 Å². The molecular weight excluding hydrogens is 412 g/mol. The summed E-state index contributed by atoms with van der Waals surface area (Å²) in [5.74, 6) is 0.699. The number of carboxylic acid groups (broad SMARTS) is 1. The number of benzene rings is 1. The molecule has 0 atom stereocenters. The molecule has 32 heavy (non-hydrogen) atoms. The highest BCUT2D eigenvalue weighted by Gasteiger charge is 2.28. The van der Waals surface area contributed by atoms with Crippen LogP contribution in [-0.4, -0.2) is 61.5 Å². The van der Waals surface area contributed by atoms with Crippen LogP contribution >= 0.6 is 0 Å². The van der Waals surface area contributed by atoms with Gasteiger partial charge in [-0.15, -0.1) is 5.10 Å². The van der Waals surface area contributed by atoms with E-state index in [1.807, 2.05) is 30.3 Å². The number of likely N-dealkylation sites (tertiary alicyclic amines) is 1. The molecule has 0 unspecified atom stereocenters. The highest BCUT2D eigenvalue weighted by atomic mass is 16.3. The van der Waals surface area contributed by atoms with Crippen molar-refractivity contribution in [3.63, 3.8) is 0 Å². The second-order valence-electron chi connectivity index (χ2n) is 7.17. The maximum Gasteiger partial charge on any atom is 0.290 e. The number of nitrogens with zero attached hydrogens (tertiary/aromatic N) is 4. The molecule has 3 heterocycles. The number of amides is 2. The third-order valence-corrected chi connectivity index (χ3v) is 5.06. The van der Waals surface area contributed by atoms with Crippen molar-refractivity contribution in [2.45, 2.75) is 19.3 Å². The first-order valence-electron chi connectivity index (χ1n) is 10.1. The van der Waals surface area contributed by atoms with Crippen LogP contribution in [0.25, 0.3) is 0 Å². The van der Waals surface area contributed by atoms with Gasteiger partial charge in [0.1, 0.15) is 5.82 Å². The molecule has 3 N–H and O–H groups in total. The summed E-state index contributed by atoms with van der Waals surface area (Å²) in [5.41, 5.74) is 1.74. The van der Waals surface area contributed by atoms with Gasteiger partial charge < -0.3 is 10.0 Å². The van der Waals surface area contributed by atoms with Gasteiger partial charge in [-0.1, -0.05) is 30.3 Å². The minimum absolute atomic E-state index is 0.0224. The first-order chi connectivity index (χ1) is 15.6. The summed E-state index contributed by atoms with van der Waals surface area (Å²) in [4.78, 5) is 43.5. The highest BCUT2D eigenvalue weighted by Crippen LogP contribution is 2.20. The molecule has 4 rings (SSSR count). The van der Waals surface area contributed by atoms with Gasteiger partial charge in [-0.05, 0) is 30.5 Å². The molecule has 1 saturated heterocycles. The number of pyridine rings is 1. The number of carbonyl (C=O) groups is 3. The second-order valence-corrected chi connectivity index (χ2v) is 7.17. The zero-order valence-electron chi connectivity index (χ0n) is 17.3. The summed E-state index contributed by atoms with van der Waals surface area (Å²) < 4.78 is 0. The standard InChI is InChI=1S/C21H22N6O2.CH2O2/c28-19(24-21-23-18(25-26-21)14-15-4-2-1-3-5-15)16-8-12-27(13-9-16)20(29)17-6-10-22-11-7-17;2-1-3/h1-7,10-11,16H,8-9,12-14H2,(H2,23,24,25,26,28);1H,(H,2,3). The molecule has 1 aliphatic heterocycles. The van der Waals surface area contributed by atoms with Crippen LogP contribution in [0, 0.1) is 5.92 Å². The number of piperidine rings is 1. The Morgan fingerprint density at radius 2 is 1.78 bits per heavy atom. The maximum atomic E-state index is 12.6. The van der Waals surface area contributed by atoms with E-state index in [4.69, 9.17) is 9.90 Å². The molecule has 2 aromatic heterocycles. The van der Waals surface area contributed by atoms with Crippen molar-refractivity contribution in [1.29, 1.82) is 0 Å². The summed E-state index contributed by atoms with van der Waals surface area (Å²) >= 11 is 0. The molecule has 0 spiro atoms. The normalized spacial score (nSPS) is 13.6. The van der Waals surface area contributed by atoms with Crippen molar-refractivity contribution in [1.82, 2.24) is 25.1 Å². The monoisotopic (exact) mass is 436 g/mol. The van der Waals surface area contributed by atoms with Crippen molar-refractivity contribution in [2.75, 3.05) is 18.4 Å². The van der Waals surface area contributed by atoms with Crippen molar-refractivity contribution >= 4 is 24.2 Å². The number of H-pyrrole nitrogens is 1. The number of hydrogen-bond acceptors (Lipinski definition) is 6. The van der Waals surface area contributed by atoms with E-state index >= 15 is 0 Å². The number of aromatic amines is 1. The van der Waals surface area contributed by atoms with E-state index in [0.29, 0.717) is 43.7 Å². The van der Waals surface area contributed by atoms with E-state index in [0.717, 1.165) is 5.56 Å². The van der Waals surface area contributed by atoms with Crippen LogP contribution in [0.15, 0.2) is 54.9 Å². The molecule has 10 heteroatoms. The lowest BCUT2D eigenvalue weighted by Crippen LogP contribution is -2.41. The average molecular weight is 436 g/mol. The smallest absolute Gasteiger partial charge is 0.290 e. The highest BCUT2D eigenvalue weighted by molar-refractivity contribution is 5.94. The molecule has 10 nitrogen and oxygen atoms in total. The van der Waals surface area contributed by atoms with E-state index in [9.17, 15) is 9.59 Å². The fraction of sp³-hybridized carbons (Fsp3) is 0.273. The minimum Gasteiger partial charge on any atom is -0.483 e. The van der Waals surface area contributed by atoms with Gasteiger partial charge in [0.2, 0.25) is 11.9 Å². The Bertz CT molecular complexity index is 1020. The number of nitrogens with one attached hydrogen (secondary N) is 2. The van der Waals surface area contributed by atoms with Crippen molar-refractivity contribution in [3.8, 4) is 0 Å². The summed E-state index contributed by atoms with van der Waals surface area (Å²) in [6.45, 7) is 0.846. The van der Waals surface area contributed by atoms with Gasteiger partial charge in [0.25, 0.3) is 12.4 Å². The fourth-order valence-corrected chi connectivity index (χ4v) is 3.45. The fourth-order valence-electron chi connectivity index (χ4n) is 3.45. The van der Waals surface area contributed by atoms with Gasteiger partial charge in [0.05, 0.1) is 0 Å². The number of hydrogen-bond donors (Lipinski definition) is 3. The Kier molecular flexibility index (Phi) is 8.02. The zero-order valence-corrected chi connectivity index (χ0v) is 17.3. The third kappa shape index (κ3) is 6.21.